The number of hydrogen-bond acceptors (Lipinski definition) is 5. The van der Waals surface area contributed by atoms with Gasteiger partial charge in [0.05, 0.1) is 11.6 Å². The van der Waals surface area contributed by atoms with E-state index in [0.29, 0.717) is 17.1 Å². The number of aromatic nitrogens is 2. The van der Waals surface area contributed by atoms with Gasteiger partial charge in [-0.3, -0.25) is 0 Å². The number of nitrogens with zero attached hydrogens (tertiary/aromatic N) is 3. The third-order valence-corrected chi connectivity index (χ3v) is 2.44. The third kappa shape index (κ3) is 2.44. The van der Waals surface area contributed by atoms with Crippen molar-refractivity contribution in [2.24, 2.45) is 0 Å². The highest BCUT2D eigenvalue weighted by Crippen LogP contribution is 2.26. The van der Waals surface area contributed by atoms with E-state index < -0.39 is 0 Å². The first-order valence-corrected chi connectivity index (χ1v) is 5.11. The molecule has 0 saturated heterocycles. The first-order valence-electron chi connectivity index (χ1n) is 4.74. The highest BCUT2D eigenvalue weighted by Gasteiger charge is 2.06. The Bertz CT molecular complexity index is 591. The number of nitrogens with two attached hydrogens (primary N) is 1. The average Bonchev–Trinajstić information content (AvgIpc) is 2.35. The summed E-state index contributed by atoms with van der Waals surface area (Å²) in [5.74, 6) is 0.620. The van der Waals surface area contributed by atoms with Crippen LogP contribution >= 0.6 is 11.6 Å². The van der Waals surface area contributed by atoms with Gasteiger partial charge < -0.3 is 11.1 Å². The number of halogens is 1. The third-order valence-electron chi connectivity index (χ3n) is 2.07. The fourth-order valence-electron chi connectivity index (χ4n) is 1.27. The molecule has 1 aromatic carbocycles. The van der Waals surface area contributed by atoms with E-state index in [-0.39, 0.29) is 10.8 Å². The standard InChI is InChI=1S/C11H8ClN5/c12-9-10(14)15-6-16-11(9)17-8-3-1-2-7(4-8)5-13/h1-4,6H,(H3,14,15,16,17). The van der Waals surface area contributed by atoms with Gasteiger partial charge in [-0.1, -0.05) is 17.7 Å². The van der Waals surface area contributed by atoms with Crippen LogP contribution in [0, 0.1) is 11.3 Å². The van der Waals surface area contributed by atoms with Crippen LogP contribution in [0.25, 0.3) is 0 Å². The van der Waals surface area contributed by atoms with Crippen molar-refractivity contribution in [1.82, 2.24) is 9.97 Å². The minimum Gasteiger partial charge on any atom is -0.382 e. The van der Waals surface area contributed by atoms with Gasteiger partial charge in [0.25, 0.3) is 0 Å². The van der Waals surface area contributed by atoms with E-state index in [4.69, 9.17) is 22.6 Å². The molecule has 0 aliphatic carbocycles. The summed E-state index contributed by atoms with van der Waals surface area (Å²) >= 11 is 5.94. The molecule has 3 N–H and O–H groups in total. The minimum atomic E-state index is 0.209. The van der Waals surface area contributed by atoms with Crippen LogP contribution in [-0.2, 0) is 0 Å². The molecule has 0 atom stereocenters. The Morgan fingerprint density at radius 1 is 1.35 bits per heavy atom. The van der Waals surface area contributed by atoms with Crippen molar-refractivity contribution in [2.45, 2.75) is 0 Å². The lowest BCUT2D eigenvalue weighted by Gasteiger charge is -2.07. The van der Waals surface area contributed by atoms with E-state index in [1.165, 1.54) is 6.33 Å². The van der Waals surface area contributed by atoms with E-state index in [9.17, 15) is 0 Å². The van der Waals surface area contributed by atoms with Gasteiger partial charge in [-0.2, -0.15) is 5.26 Å². The van der Waals surface area contributed by atoms with E-state index in [1.807, 2.05) is 6.07 Å². The predicted molar refractivity (Wildman–Crippen MR) is 65.9 cm³/mol. The molecule has 2 rings (SSSR count). The van der Waals surface area contributed by atoms with Crippen molar-refractivity contribution in [3.63, 3.8) is 0 Å². The number of rotatable bonds is 2. The number of benzene rings is 1. The van der Waals surface area contributed by atoms with Crippen LogP contribution in [0.3, 0.4) is 0 Å². The van der Waals surface area contributed by atoms with Gasteiger partial charge in [0.15, 0.2) is 5.82 Å². The maximum atomic E-state index is 8.78. The lowest BCUT2D eigenvalue weighted by atomic mass is 10.2. The fraction of sp³-hybridized carbons (Fsp3) is 0. The molecular formula is C11H8ClN5. The smallest absolute Gasteiger partial charge is 0.154 e. The molecule has 0 radical (unpaired) electrons. The SMILES string of the molecule is N#Cc1cccc(Nc2ncnc(N)c2Cl)c1. The molecule has 5 nitrogen and oxygen atoms in total. The second-order valence-electron chi connectivity index (χ2n) is 3.24. The predicted octanol–water partition coefficient (Wildman–Crippen LogP) is 2.33. The molecular weight excluding hydrogens is 238 g/mol. The summed E-state index contributed by atoms with van der Waals surface area (Å²) in [7, 11) is 0. The van der Waals surface area contributed by atoms with Crippen LogP contribution in [0.1, 0.15) is 5.56 Å². The Labute approximate surface area is 103 Å². The second-order valence-corrected chi connectivity index (χ2v) is 3.62. The lowest BCUT2D eigenvalue weighted by Crippen LogP contribution is -1.99. The van der Waals surface area contributed by atoms with Gasteiger partial charge in [0, 0.05) is 5.69 Å². The lowest BCUT2D eigenvalue weighted by molar-refractivity contribution is 1.18. The van der Waals surface area contributed by atoms with E-state index in [1.54, 1.807) is 24.3 Å². The van der Waals surface area contributed by atoms with Gasteiger partial charge in [0.2, 0.25) is 0 Å². The Balaban J connectivity index is 2.32. The van der Waals surface area contributed by atoms with Gasteiger partial charge in [-0.15, -0.1) is 0 Å². The van der Waals surface area contributed by atoms with Crippen LogP contribution in [0.4, 0.5) is 17.3 Å². The molecule has 0 bridgehead atoms. The summed E-state index contributed by atoms with van der Waals surface area (Å²) in [6.45, 7) is 0. The van der Waals surface area contributed by atoms with Gasteiger partial charge >= 0.3 is 0 Å². The maximum absolute atomic E-state index is 8.78. The molecule has 0 aliphatic rings. The molecule has 6 heteroatoms. The molecule has 0 aliphatic heterocycles. The Morgan fingerprint density at radius 3 is 2.94 bits per heavy atom. The summed E-state index contributed by atoms with van der Waals surface area (Å²) in [4.78, 5) is 7.73. The first kappa shape index (κ1) is 11.2. The normalized spacial score (nSPS) is 9.65. The molecule has 0 amide bonds. The molecule has 17 heavy (non-hydrogen) atoms. The van der Waals surface area contributed by atoms with Crippen molar-refractivity contribution in [1.29, 1.82) is 5.26 Å². The molecule has 0 spiro atoms. The molecule has 0 unspecified atom stereocenters. The topological polar surface area (TPSA) is 87.6 Å². The zero-order valence-electron chi connectivity index (χ0n) is 8.68. The van der Waals surface area contributed by atoms with Gasteiger partial charge in [-0.05, 0) is 18.2 Å². The highest BCUT2D eigenvalue weighted by molar-refractivity contribution is 6.35. The molecule has 0 fully saturated rings. The second kappa shape index (κ2) is 4.68. The number of nitriles is 1. The average molecular weight is 246 g/mol. The fourth-order valence-corrected chi connectivity index (χ4v) is 1.42. The zero-order valence-corrected chi connectivity index (χ0v) is 9.44. The Kier molecular flexibility index (Phi) is 3.08. The van der Waals surface area contributed by atoms with Crippen molar-refractivity contribution in [2.75, 3.05) is 11.1 Å². The monoisotopic (exact) mass is 245 g/mol. The largest absolute Gasteiger partial charge is 0.382 e. The van der Waals surface area contributed by atoms with Crippen LogP contribution in [0.5, 0.6) is 0 Å². The minimum absolute atomic E-state index is 0.209. The van der Waals surface area contributed by atoms with E-state index in [2.05, 4.69) is 15.3 Å². The van der Waals surface area contributed by atoms with Crippen molar-refractivity contribution in [3.05, 3.63) is 41.2 Å². The summed E-state index contributed by atoms with van der Waals surface area (Å²) in [5.41, 5.74) is 6.82. The van der Waals surface area contributed by atoms with Crippen LogP contribution < -0.4 is 11.1 Å². The summed E-state index contributed by atoms with van der Waals surface area (Å²) < 4.78 is 0. The van der Waals surface area contributed by atoms with Gasteiger partial charge in [0.1, 0.15) is 17.2 Å². The number of nitrogens with one attached hydrogen (secondary N) is 1. The number of anilines is 3. The molecule has 1 heterocycles. The van der Waals surface area contributed by atoms with E-state index >= 15 is 0 Å². The van der Waals surface area contributed by atoms with Crippen LogP contribution in [0.2, 0.25) is 5.02 Å². The molecule has 0 saturated carbocycles. The molecule has 1 aromatic heterocycles. The maximum Gasteiger partial charge on any atom is 0.154 e. The molecule has 2 aromatic rings. The highest BCUT2D eigenvalue weighted by atomic mass is 35.5. The summed E-state index contributed by atoms with van der Waals surface area (Å²) in [6, 6.07) is 9.01. The van der Waals surface area contributed by atoms with Gasteiger partial charge in [-0.25, -0.2) is 9.97 Å². The Morgan fingerprint density at radius 2 is 2.18 bits per heavy atom. The van der Waals surface area contributed by atoms with Crippen molar-refractivity contribution >= 4 is 28.9 Å². The first-order chi connectivity index (χ1) is 8.20. The summed E-state index contributed by atoms with van der Waals surface area (Å²) in [5, 5.41) is 12.0. The van der Waals surface area contributed by atoms with Crippen LogP contribution in [-0.4, -0.2) is 9.97 Å². The van der Waals surface area contributed by atoms with E-state index in [0.717, 1.165) is 0 Å². The molecule has 84 valence electrons. The van der Waals surface area contributed by atoms with Crippen LogP contribution in [0.15, 0.2) is 30.6 Å². The number of nitrogen functional groups attached to an aromatic ring is 1. The zero-order chi connectivity index (χ0) is 12.3. The van der Waals surface area contributed by atoms with Crippen molar-refractivity contribution in [3.8, 4) is 6.07 Å². The quantitative estimate of drug-likeness (QED) is 0.848. The van der Waals surface area contributed by atoms with Crippen molar-refractivity contribution < 1.29 is 0 Å². The Hall–Kier alpha value is -2.32. The number of hydrogen-bond donors (Lipinski definition) is 2. The summed E-state index contributed by atoms with van der Waals surface area (Å²) in [6.07, 6.45) is 1.32.